The van der Waals surface area contributed by atoms with Gasteiger partial charge in [0.15, 0.2) is 0 Å². The molecule has 0 aliphatic heterocycles. The first-order chi connectivity index (χ1) is 9.11. The lowest BCUT2D eigenvalue weighted by molar-refractivity contribution is 0.521. The summed E-state index contributed by atoms with van der Waals surface area (Å²) in [5, 5.41) is 3.41. The molecule has 0 fully saturated rings. The van der Waals surface area contributed by atoms with Crippen LogP contribution in [0.15, 0.2) is 30.6 Å². The lowest BCUT2D eigenvalue weighted by Gasteiger charge is -2.20. The van der Waals surface area contributed by atoms with E-state index < -0.39 is 0 Å². The third-order valence-electron chi connectivity index (χ3n) is 3.37. The average molecular weight is 261 g/mol. The quantitative estimate of drug-likeness (QED) is 0.897. The normalized spacial score (nSPS) is 12.6. The fourth-order valence-electron chi connectivity index (χ4n) is 2.30. The van der Waals surface area contributed by atoms with Gasteiger partial charge in [0.2, 0.25) is 0 Å². The molecule has 2 aromatic rings. The van der Waals surface area contributed by atoms with Gasteiger partial charge in [-0.3, -0.25) is 0 Å². The van der Waals surface area contributed by atoms with Crippen molar-refractivity contribution in [1.82, 2.24) is 14.9 Å². The van der Waals surface area contributed by atoms with Gasteiger partial charge >= 0.3 is 0 Å². The Labute approximate surface area is 113 Å². The Morgan fingerprint density at radius 1 is 1.42 bits per heavy atom. The molecule has 1 unspecified atom stereocenters. The van der Waals surface area contributed by atoms with E-state index >= 15 is 0 Å². The maximum Gasteiger partial charge on any atom is 0.123 e. The summed E-state index contributed by atoms with van der Waals surface area (Å²) in [7, 11) is 1.98. The number of imidazole rings is 1. The molecule has 0 saturated carbocycles. The van der Waals surface area contributed by atoms with Gasteiger partial charge < -0.3 is 9.88 Å². The third kappa shape index (κ3) is 3.20. The van der Waals surface area contributed by atoms with E-state index in [-0.39, 0.29) is 11.9 Å². The molecule has 0 amide bonds. The van der Waals surface area contributed by atoms with Crippen molar-refractivity contribution in [3.63, 3.8) is 0 Å². The van der Waals surface area contributed by atoms with Gasteiger partial charge in [0, 0.05) is 31.9 Å². The minimum Gasteiger partial charge on any atom is -0.338 e. The zero-order valence-electron chi connectivity index (χ0n) is 11.7. The average Bonchev–Trinajstić information content (AvgIpc) is 2.78. The fourth-order valence-corrected chi connectivity index (χ4v) is 2.30. The minimum absolute atomic E-state index is 0.0850. The van der Waals surface area contributed by atoms with Crippen molar-refractivity contribution in [2.75, 3.05) is 6.54 Å². The number of aromatic nitrogens is 2. The van der Waals surface area contributed by atoms with Gasteiger partial charge in [-0.2, -0.15) is 0 Å². The van der Waals surface area contributed by atoms with Crippen LogP contribution in [-0.2, 0) is 13.5 Å². The van der Waals surface area contributed by atoms with Crippen LogP contribution in [0.5, 0.6) is 0 Å². The van der Waals surface area contributed by atoms with Gasteiger partial charge in [-0.25, -0.2) is 9.37 Å². The molecule has 0 spiro atoms. The first kappa shape index (κ1) is 13.7. The Kier molecular flexibility index (Phi) is 4.32. The van der Waals surface area contributed by atoms with Crippen molar-refractivity contribution in [3.8, 4) is 0 Å². The van der Waals surface area contributed by atoms with Crippen LogP contribution < -0.4 is 5.32 Å². The van der Waals surface area contributed by atoms with Crippen LogP contribution in [0.25, 0.3) is 0 Å². The van der Waals surface area contributed by atoms with Crippen molar-refractivity contribution < 1.29 is 4.39 Å². The zero-order chi connectivity index (χ0) is 13.8. The van der Waals surface area contributed by atoms with Gasteiger partial charge in [-0.15, -0.1) is 0 Å². The number of halogens is 1. The maximum atomic E-state index is 13.5. The third-order valence-corrected chi connectivity index (χ3v) is 3.37. The van der Waals surface area contributed by atoms with Crippen molar-refractivity contribution in [3.05, 3.63) is 53.4 Å². The van der Waals surface area contributed by atoms with E-state index in [1.54, 1.807) is 12.3 Å². The Morgan fingerprint density at radius 2 is 2.21 bits per heavy atom. The van der Waals surface area contributed by atoms with Gasteiger partial charge in [-0.05, 0) is 36.7 Å². The molecule has 19 heavy (non-hydrogen) atoms. The first-order valence-electron chi connectivity index (χ1n) is 6.57. The number of aryl methyl sites for hydroxylation is 2. The van der Waals surface area contributed by atoms with E-state index in [0.29, 0.717) is 0 Å². The number of benzene rings is 1. The van der Waals surface area contributed by atoms with E-state index in [9.17, 15) is 4.39 Å². The van der Waals surface area contributed by atoms with Crippen molar-refractivity contribution >= 4 is 0 Å². The molecule has 0 radical (unpaired) electrons. The molecular formula is C15H20FN3. The molecule has 4 heteroatoms. The van der Waals surface area contributed by atoms with Crippen LogP contribution in [0, 0.1) is 12.7 Å². The van der Waals surface area contributed by atoms with Crippen molar-refractivity contribution in [2.45, 2.75) is 26.3 Å². The minimum atomic E-state index is -0.191. The predicted octanol–water partition coefficient (Wildman–Crippen LogP) is 2.76. The van der Waals surface area contributed by atoms with Crippen LogP contribution in [-0.4, -0.2) is 16.1 Å². The largest absolute Gasteiger partial charge is 0.338 e. The molecule has 1 heterocycles. The molecule has 1 N–H and O–H groups in total. The fraction of sp³-hybridized carbons (Fsp3) is 0.400. The summed E-state index contributed by atoms with van der Waals surface area (Å²) in [6.07, 6.45) is 4.47. The second-order valence-electron chi connectivity index (χ2n) is 4.77. The van der Waals surface area contributed by atoms with Gasteiger partial charge in [0.25, 0.3) is 0 Å². The van der Waals surface area contributed by atoms with Crippen molar-refractivity contribution in [2.24, 2.45) is 7.05 Å². The molecule has 0 aliphatic carbocycles. The smallest absolute Gasteiger partial charge is 0.123 e. The molecule has 102 valence electrons. The predicted molar refractivity (Wildman–Crippen MR) is 74.5 cm³/mol. The van der Waals surface area contributed by atoms with E-state index in [4.69, 9.17) is 0 Å². The zero-order valence-corrected chi connectivity index (χ0v) is 11.7. The first-order valence-corrected chi connectivity index (χ1v) is 6.57. The summed E-state index contributed by atoms with van der Waals surface area (Å²) >= 11 is 0. The highest BCUT2D eigenvalue weighted by Gasteiger charge is 2.16. The van der Waals surface area contributed by atoms with Crippen LogP contribution in [0.1, 0.15) is 29.9 Å². The van der Waals surface area contributed by atoms with Crippen LogP contribution in [0.2, 0.25) is 0 Å². The van der Waals surface area contributed by atoms with E-state index in [1.807, 2.05) is 30.8 Å². The molecule has 0 bridgehead atoms. The maximum absolute atomic E-state index is 13.5. The summed E-state index contributed by atoms with van der Waals surface area (Å²) in [6, 6.07) is 5.03. The van der Waals surface area contributed by atoms with E-state index in [1.165, 1.54) is 6.07 Å². The summed E-state index contributed by atoms with van der Waals surface area (Å²) in [4.78, 5) is 4.34. The number of hydrogen-bond donors (Lipinski definition) is 1. The number of hydrogen-bond acceptors (Lipinski definition) is 2. The molecule has 0 aliphatic rings. The molecule has 2 rings (SSSR count). The van der Waals surface area contributed by atoms with Gasteiger partial charge in [-0.1, -0.05) is 13.0 Å². The lowest BCUT2D eigenvalue weighted by atomic mass is 9.98. The number of nitrogens with zero attached hydrogens (tertiary/aromatic N) is 2. The van der Waals surface area contributed by atoms with Gasteiger partial charge in [0.1, 0.15) is 11.6 Å². The number of likely N-dealkylation sites (N-methyl/N-ethyl adjacent to an activating group) is 1. The summed E-state index contributed by atoms with van der Waals surface area (Å²) in [5.41, 5.74) is 2.10. The highest BCUT2D eigenvalue weighted by atomic mass is 19.1. The highest BCUT2D eigenvalue weighted by molar-refractivity contribution is 5.30. The Morgan fingerprint density at radius 3 is 2.84 bits per heavy atom. The standard InChI is InChI=1S/C15H20FN3/c1-4-17-14(10-15-18-7-8-19(15)3)13-9-12(16)6-5-11(13)2/h5-9,14,17H,4,10H2,1-3H3. The van der Waals surface area contributed by atoms with Crippen LogP contribution in [0.3, 0.4) is 0 Å². The molecular weight excluding hydrogens is 241 g/mol. The highest BCUT2D eigenvalue weighted by Crippen LogP contribution is 2.22. The summed E-state index contributed by atoms with van der Waals surface area (Å²) < 4.78 is 15.5. The van der Waals surface area contributed by atoms with Crippen molar-refractivity contribution in [1.29, 1.82) is 0 Å². The van der Waals surface area contributed by atoms with Gasteiger partial charge in [0.05, 0.1) is 0 Å². The summed E-state index contributed by atoms with van der Waals surface area (Å²) in [6.45, 7) is 4.91. The Hall–Kier alpha value is -1.68. The molecule has 1 aromatic heterocycles. The van der Waals surface area contributed by atoms with Crippen LogP contribution >= 0.6 is 0 Å². The Bertz CT molecular complexity index is 548. The molecule has 0 saturated heterocycles. The second-order valence-corrected chi connectivity index (χ2v) is 4.77. The second kappa shape index (κ2) is 5.97. The topological polar surface area (TPSA) is 29.9 Å². The summed E-state index contributed by atoms with van der Waals surface area (Å²) in [5.74, 6) is 0.804. The molecule has 1 atom stereocenters. The van der Waals surface area contributed by atoms with E-state index in [2.05, 4.69) is 17.2 Å². The van der Waals surface area contributed by atoms with E-state index in [0.717, 1.165) is 29.9 Å². The molecule has 3 nitrogen and oxygen atoms in total. The number of nitrogens with one attached hydrogen (secondary N) is 1. The SMILES string of the molecule is CCNC(Cc1nccn1C)c1cc(F)ccc1C. The monoisotopic (exact) mass is 261 g/mol. The lowest BCUT2D eigenvalue weighted by Crippen LogP contribution is -2.25. The number of rotatable bonds is 5. The molecule has 1 aromatic carbocycles. The Balaban J connectivity index is 2.29. The van der Waals surface area contributed by atoms with Crippen LogP contribution in [0.4, 0.5) is 4.39 Å².